The first-order chi connectivity index (χ1) is 8.88. The van der Waals surface area contributed by atoms with Crippen LogP contribution in [0, 0.1) is 0 Å². The Bertz CT molecular complexity index is 342. The van der Waals surface area contributed by atoms with Gasteiger partial charge in [0.1, 0.15) is 0 Å². The maximum atomic E-state index is 8.90. The van der Waals surface area contributed by atoms with Crippen LogP contribution in [0.5, 0.6) is 5.88 Å². The van der Waals surface area contributed by atoms with E-state index in [1.165, 1.54) is 0 Å². The molecule has 2 N–H and O–H groups in total. The molecule has 2 rings (SSSR count). The van der Waals surface area contributed by atoms with Gasteiger partial charge in [-0.25, -0.2) is 4.98 Å². The van der Waals surface area contributed by atoms with Crippen molar-refractivity contribution in [3.8, 4) is 5.88 Å². The second-order valence-corrected chi connectivity index (χ2v) is 4.46. The summed E-state index contributed by atoms with van der Waals surface area (Å²) in [6.07, 6.45) is 2.66. The minimum Gasteiger partial charge on any atom is -0.478 e. The number of aliphatic hydroxyl groups excluding tert-OH is 1. The lowest BCUT2D eigenvalue weighted by molar-refractivity contribution is 0.211. The summed E-state index contributed by atoms with van der Waals surface area (Å²) in [6, 6.07) is 3.63. The summed E-state index contributed by atoms with van der Waals surface area (Å²) in [6.45, 7) is 6.23. The number of nitrogens with zero attached hydrogens (tertiary/aromatic N) is 2. The van der Waals surface area contributed by atoms with Crippen molar-refractivity contribution in [2.24, 2.45) is 0 Å². The number of piperazine rings is 1. The summed E-state index contributed by atoms with van der Waals surface area (Å²) in [4.78, 5) is 6.57. The number of nitrogens with one attached hydrogen (secondary N) is 1. The number of halogens is 1. The average molecular weight is 379 g/mol. The molecule has 0 aromatic carbocycles. The van der Waals surface area contributed by atoms with Crippen molar-refractivity contribution in [1.29, 1.82) is 0 Å². The van der Waals surface area contributed by atoms with Gasteiger partial charge in [-0.3, -0.25) is 0 Å². The van der Waals surface area contributed by atoms with Gasteiger partial charge in [0.15, 0.2) is 0 Å². The van der Waals surface area contributed by atoms with Gasteiger partial charge in [0.05, 0.1) is 13.2 Å². The fourth-order valence-corrected chi connectivity index (χ4v) is 1.99. The van der Waals surface area contributed by atoms with Gasteiger partial charge in [0.25, 0.3) is 0 Å². The number of hydrogen-bond acceptors (Lipinski definition) is 5. The van der Waals surface area contributed by atoms with Crippen molar-refractivity contribution in [2.45, 2.75) is 13.0 Å². The lowest BCUT2D eigenvalue weighted by Crippen LogP contribution is -2.43. The van der Waals surface area contributed by atoms with Gasteiger partial charge in [-0.1, -0.05) is 0 Å². The van der Waals surface area contributed by atoms with E-state index in [9.17, 15) is 0 Å². The van der Waals surface area contributed by atoms with Gasteiger partial charge in [0.2, 0.25) is 5.88 Å². The van der Waals surface area contributed by atoms with E-state index < -0.39 is 0 Å². The highest BCUT2D eigenvalue weighted by Gasteiger charge is 2.08. The lowest BCUT2D eigenvalue weighted by atomic mass is 10.3. The molecule has 5 nitrogen and oxygen atoms in total. The normalized spacial score (nSPS) is 15.8. The molecule has 0 unspecified atom stereocenters. The maximum Gasteiger partial charge on any atom is 0.213 e. The van der Waals surface area contributed by atoms with Crippen molar-refractivity contribution in [3.63, 3.8) is 0 Å². The zero-order valence-electron chi connectivity index (χ0n) is 11.0. The summed E-state index contributed by atoms with van der Waals surface area (Å²) in [5, 5.41) is 12.2. The van der Waals surface area contributed by atoms with E-state index in [1.54, 1.807) is 12.3 Å². The first kappa shape index (κ1) is 16.6. The van der Waals surface area contributed by atoms with Crippen LogP contribution in [0.2, 0.25) is 0 Å². The summed E-state index contributed by atoms with van der Waals surface area (Å²) in [5.41, 5.74) is 0.808. The Balaban J connectivity index is 0.00000180. The molecule has 1 aromatic heterocycles. The van der Waals surface area contributed by atoms with E-state index in [0.717, 1.165) is 44.7 Å². The van der Waals surface area contributed by atoms with Crippen LogP contribution < -0.4 is 10.1 Å². The van der Waals surface area contributed by atoms with E-state index in [2.05, 4.69) is 15.2 Å². The maximum absolute atomic E-state index is 8.90. The van der Waals surface area contributed by atoms with Crippen molar-refractivity contribution < 1.29 is 9.84 Å². The zero-order valence-corrected chi connectivity index (χ0v) is 13.4. The number of rotatable bonds is 6. The molecule has 0 radical (unpaired) electrons. The molecule has 0 amide bonds. The van der Waals surface area contributed by atoms with Crippen molar-refractivity contribution >= 4 is 24.0 Å². The quantitative estimate of drug-likeness (QED) is 0.568. The highest BCUT2D eigenvalue weighted by Crippen LogP contribution is 2.07. The molecule has 19 heavy (non-hydrogen) atoms. The molecule has 0 aliphatic carbocycles. The predicted molar refractivity (Wildman–Crippen MR) is 85.0 cm³/mol. The van der Waals surface area contributed by atoms with Crippen molar-refractivity contribution in [1.82, 2.24) is 15.2 Å². The van der Waals surface area contributed by atoms with Crippen molar-refractivity contribution in [3.05, 3.63) is 23.9 Å². The van der Waals surface area contributed by atoms with E-state index in [1.807, 2.05) is 6.07 Å². The molecule has 0 bridgehead atoms. The number of aromatic nitrogens is 1. The molecule has 1 saturated heterocycles. The van der Waals surface area contributed by atoms with Crippen molar-refractivity contribution in [2.75, 3.05) is 39.3 Å². The standard InChI is InChI=1S/C13H21N3O2.HI/c17-11-12-2-3-13(15-10-12)18-9-1-6-16-7-4-14-5-8-16;/h2-3,10,14,17H,1,4-9,11H2;1H. The number of ether oxygens (including phenoxy) is 1. The van der Waals surface area contributed by atoms with E-state index in [-0.39, 0.29) is 30.6 Å². The molecule has 0 saturated carbocycles. The molecular formula is C13H22IN3O2. The minimum atomic E-state index is 0. The van der Waals surface area contributed by atoms with Crippen LogP contribution >= 0.6 is 24.0 Å². The Morgan fingerprint density at radius 3 is 2.74 bits per heavy atom. The van der Waals surface area contributed by atoms with Crippen LogP contribution in [0.1, 0.15) is 12.0 Å². The second kappa shape index (κ2) is 9.46. The third-order valence-electron chi connectivity index (χ3n) is 3.06. The van der Waals surface area contributed by atoms with Gasteiger partial charge < -0.3 is 20.1 Å². The highest BCUT2D eigenvalue weighted by atomic mass is 127. The second-order valence-electron chi connectivity index (χ2n) is 4.46. The first-order valence-electron chi connectivity index (χ1n) is 6.50. The predicted octanol–water partition coefficient (Wildman–Crippen LogP) is 0.866. The highest BCUT2D eigenvalue weighted by molar-refractivity contribution is 14.0. The molecule has 2 heterocycles. The molecule has 1 fully saturated rings. The molecule has 1 aliphatic heterocycles. The van der Waals surface area contributed by atoms with Gasteiger partial charge in [-0.15, -0.1) is 24.0 Å². The Kier molecular flexibility index (Phi) is 8.27. The fourth-order valence-electron chi connectivity index (χ4n) is 1.99. The molecule has 1 aromatic rings. The zero-order chi connectivity index (χ0) is 12.6. The Labute approximate surface area is 131 Å². The fraction of sp³-hybridized carbons (Fsp3) is 0.615. The molecule has 0 atom stereocenters. The van der Waals surface area contributed by atoms with E-state index >= 15 is 0 Å². The minimum absolute atomic E-state index is 0. The van der Waals surface area contributed by atoms with Crippen LogP contribution in [0.15, 0.2) is 18.3 Å². The average Bonchev–Trinajstić information content (AvgIpc) is 2.45. The van der Waals surface area contributed by atoms with Gasteiger partial charge in [-0.2, -0.15) is 0 Å². The summed E-state index contributed by atoms with van der Waals surface area (Å²) in [5.74, 6) is 0.632. The van der Waals surface area contributed by atoms with Crippen LogP contribution in [-0.2, 0) is 6.61 Å². The molecule has 1 aliphatic rings. The number of pyridine rings is 1. The van der Waals surface area contributed by atoms with Gasteiger partial charge in [0, 0.05) is 45.0 Å². The van der Waals surface area contributed by atoms with Gasteiger partial charge >= 0.3 is 0 Å². The number of hydrogen-bond donors (Lipinski definition) is 2. The summed E-state index contributed by atoms with van der Waals surface area (Å²) >= 11 is 0. The Hall–Kier alpha value is -0.440. The Morgan fingerprint density at radius 2 is 2.11 bits per heavy atom. The summed E-state index contributed by atoms with van der Waals surface area (Å²) < 4.78 is 5.56. The molecule has 108 valence electrons. The van der Waals surface area contributed by atoms with Crippen LogP contribution in [-0.4, -0.2) is 54.3 Å². The Morgan fingerprint density at radius 1 is 1.32 bits per heavy atom. The van der Waals surface area contributed by atoms with Crippen LogP contribution in [0.3, 0.4) is 0 Å². The molecule has 6 heteroatoms. The van der Waals surface area contributed by atoms with Crippen LogP contribution in [0.4, 0.5) is 0 Å². The van der Waals surface area contributed by atoms with E-state index in [0.29, 0.717) is 12.5 Å². The third kappa shape index (κ3) is 6.03. The number of aliphatic hydroxyl groups is 1. The first-order valence-corrected chi connectivity index (χ1v) is 6.50. The monoisotopic (exact) mass is 379 g/mol. The van der Waals surface area contributed by atoms with Gasteiger partial charge in [-0.05, 0) is 18.1 Å². The third-order valence-corrected chi connectivity index (χ3v) is 3.06. The smallest absolute Gasteiger partial charge is 0.213 e. The largest absolute Gasteiger partial charge is 0.478 e. The molecule has 0 spiro atoms. The molecular weight excluding hydrogens is 357 g/mol. The summed E-state index contributed by atoms with van der Waals surface area (Å²) in [7, 11) is 0. The van der Waals surface area contributed by atoms with Crippen LogP contribution in [0.25, 0.3) is 0 Å². The topological polar surface area (TPSA) is 57.6 Å². The van der Waals surface area contributed by atoms with E-state index in [4.69, 9.17) is 9.84 Å². The lowest BCUT2D eigenvalue weighted by Gasteiger charge is -2.26. The SMILES string of the molecule is I.OCc1ccc(OCCCN2CCNCC2)nc1.